The zero-order chi connectivity index (χ0) is 10.2. The monoisotopic (exact) mass is 201 g/mol. The van der Waals surface area contributed by atoms with E-state index < -0.39 is 0 Å². The van der Waals surface area contributed by atoms with E-state index in [1.807, 2.05) is 39.9 Å². The molecular weight excluding hydrogens is 184 g/mol. The highest BCUT2D eigenvalue weighted by Crippen LogP contribution is 2.16. The van der Waals surface area contributed by atoms with E-state index in [0.717, 1.165) is 12.8 Å². The molecule has 1 saturated carbocycles. The Kier molecular flexibility index (Phi) is 6.24. The fraction of sp³-hybridized carbons (Fsp3) is 0.500. The van der Waals surface area contributed by atoms with Gasteiger partial charge < -0.3 is 5.11 Å². The molecule has 71 valence electrons. The molecule has 0 spiro atoms. The summed E-state index contributed by atoms with van der Waals surface area (Å²) in [7, 11) is 0. The highest BCUT2D eigenvalue weighted by Gasteiger charge is 2.28. The van der Waals surface area contributed by atoms with Crippen LogP contribution in [0.4, 0.5) is 0 Å². The van der Waals surface area contributed by atoms with E-state index in [1.165, 1.54) is 23.0 Å². The molecule has 1 aliphatic rings. The third-order valence-corrected chi connectivity index (χ3v) is 2.89. The summed E-state index contributed by atoms with van der Waals surface area (Å²) in [6, 6.07) is 10.3. The van der Waals surface area contributed by atoms with Gasteiger partial charge in [0.25, 0.3) is 0 Å². The summed E-state index contributed by atoms with van der Waals surface area (Å²) in [6.45, 7) is 0. The number of aliphatic hydroxyl groups excluding tert-OH is 1. The molecule has 0 atom stereocenters. The van der Waals surface area contributed by atoms with Crippen molar-refractivity contribution >= 4 is 25.4 Å². The highest BCUT2D eigenvalue weighted by atomic mass is 24.4. The van der Waals surface area contributed by atoms with Crippen LogP contribution in [0.2, 0.25) is 0 Å². The van der Waals surface area contributed by atoms with Crippen LogP contribution in [0.15, 0.2) is 30.3 Å². The normalized spacial score (nSPS) is 17.0. The first-order valence-electron chi connectivity index (χ1n) is 5.34. The number of hydrogen-bond acceptors (Lipinski definition) is 1. The lowest BCUT2D eigenvalue weighted by Crippen LogP contribution is -2.09. The van der Waals surface area contributed by atoms with Crippen molar-refractivity contribution in [3.05, 3.63) is 30.3 Å². The first kappa shape index (κ1) is 12.0. The van der Waals surface area contributed by atoms with E-state index in [2.05, 4.69) is 12.1 Å². The maximum absolute atomic E-state index is 8.91. The van der Waals surface area contributed by atoms with Crippen LogP contribution in [-0.2, 0) is 0 Å². The summed E-state index contributed by atoms with van der Waals surface area (Å²) in [6.07, 6.45) is 5.92. The zero-order valence-corrected chi connectivity index (χ0v) is 10.1. The lowest BCUT2D eigenvalue weighted by Gasteiger charge is -2.14. The Bertz CT molecular complexity index is 229. The molecule has 0 unspecified atom stereocenters. The maximum atomic E-state index is 8.91. The predicted octanol–water partition coefficient (Wildman–Crippen LogP) is 1.79. The van der Waals surface area contributed by atoms with Crippen molar-refractivity contribution in [2.75, 3.05) is 0 Å². The minimum absolute atomic E-state index is 0.0359. The third-order valence-electron chi connectivity index (χ3n) is 2.42. The number of rotatable bonds is 0. The second-order valence-corrected chi connectivity index (χ2v) is 4.59. The Balaban J connectivity index is 0.000000140. The van der Waals surface area contributed by atoms with Gasteiger partial charge in [-0.15, -0.1) is 0 Å². The first-order chi connectivity index (χ1) is 6.79. The van der Waals surface area contributed by atoms with Gasteiger partial charge in [-0.3, -0.25) is 0 Å². The van der Waals surface area contributed by atoms with Gasteiger partial charge in [0.05, 0.1) is 6.10 Å². The first-order valence-corrected chi connectivity index (χ1v) is 6.05. The van der Waals surface area contributed by atoms with Crippen molar-refractivity contribution in [1.82, 2.24) is 0 Å². The van der Waals surface area contributed by atoms with Crippen LogP contribution in [0.25, 0.3) is 0 Å². The smallest absolute Gasteiger partial charge is 0.393 e. The van der Waals surface area contributed by atoms with E-state index in [0.29, 0.717) is 0 Å². The van der Waals surface area contributed by atoms with Crippen LogP contribution in [-0.4, -0.2) is 32.9 Å². The SMILES string of the molecule is OC1CCCCC1.[Mg+2][c]1ccccc1. The molecule has 0 aliphatic heterocycles. The molecule has 1 aromatic rings. The van der Waals surface area contributed by atoms with Crippen LogP contribution in [0.5, 0.6) is 0 Å². The van der Waals surface area contributed by atoms with E-state index in [-0.39, 0.29) is 6.10 Å². The average Bonchev–Trinajstić information content (AvgIpc) is 2.21. The van der Waals surface area contributed by atoms with Crippen LogP contribution >= 0.6 is 0 Å². The van der Waals surface area contributed by atoms with Crippen molar-refractivity contribution in [2.45, 2.75) is 38.2 Å². The van der Waals surface area contributed by atoms with Crippen LogP contribution in [0.3, 0.4) is 0 Å². The number of hydrogen-bond donors (Lipinski definition) is 1. The fourth-order valence-corrected chi connectivity index (χ4v) is 1.83. The molecular formula is C12H17MgO+2. The average molecular weight is 202 g/mol. The predicted molar refractivity (Wildman–Crippen MR) is 60.9 cm³/mol. The van der Waals surface area contributed by atoms with Crippen molar-refractivity contribution in [3.63, 3.8) is 0 Å². The minimum Gasteiger partial charge on any atom is -0.393 e. The van der Waals surface area contributed by atoms with E-state index >= 15 is 0 Å². The summed E-state index contributed by atoms with van der Waals surface area (Å²) in [4.78, 5) is 0. The van der Waals surface area contributed by atoms with Gasteiger partial charge in [0, 0.05) is 12.1 Å². The van der Waals surface area contributed by atoms with Gasteiger partial charge >= 0.3 is 25.4 Å². The Morgan fingerprint density at radius 1 is 1.00 bits per heavy atom. The molecule has 1 aliphatic carbocycles. The van der Waals surface area contributed by atoms with Crippen molar-refractivity contribution in [2.24, 2.45) is 0 Å². The van der Waals surface area contributed by atoms with E-state index in [1.54, 1.807) is 0 Å². The van der Waals surface area contributed by atoms with Gasteiger partial charge in [0.2, 0.25) is 0 Å². The van der Waals surface area contributed by atoms with E-state index in [9.17, 15) is 0 Å². The molecule has 0 bridgehead atoms. The summed E-state index contributed by atoms with van der Waals surface area (Å²) in [5.74, 6) is 0. The summed E-state index contributed by atoms with van der Waals surface area (Å²) >= 11 is 1.90. The molecule has 1 fully saturated rings. The van der Waals surface area contributed by atoms with Gasteiger partial charge in [0.15, 0.2) is 0 Å². The van der Waals surface area contributed by atoms with Crippen LogP contribution < -0.4 is 3.69 Å². The Morgan fingerprint density at radius 2 is 1.57 bits per heavy atom. The van der Waals surface area contributed by atoms with Crippen molar-refractivity contribution in [1.29, 1.82) is 0 Å². The number of benzene rings is 1. The van der Waals surface area contributed by atoms with Crippen LogP contribution in [0.1, 0.15) is 32.1 Å². The summed E-state index contributed by atoms with van der Waals surface area (Å²) < 4.78 is 1.35. The van der Waals surface area contributed by atoms with Gasteiger partial charge in [-0.05, 0) is 12.8 Å². The lowest BCUT2D eigenvalue weighted by atomic mass is 9.98. The molecule has 2 rings (SSSR count). The summed E-state index contributed by atoms with van der Waals surface area (Å²) in [5.41, 5.74) is 0. The molecule has 0 aromatic heterocycles. The van der Waals surface area contributed by atoms with Crippen LogP contribution in [0, 0.1) is 0 Å². The van der Waals surface area contributed by atoms with Crippen molar-refractivity contribution < 1.29 is 5.11 Å². The Hall–Kier alpha value is -0.0538. The molecule has 0 heterocycles. The molecule has 7 radical (unpaired) electrons. The maximum Gasteiger partial charge on any atom is 1.47 e. The Labute approximate surface area is 99.0 Å². The molecule has 1 N–H and O–H groups in total. The fourth-order valence-electron chi connectivity index (χ4n) is 1.56. The quantitative estimate of drug-likeness (QED) is 0.635. The topological polar surface area (TPSA) is 20.2 Å². The zero-order valence-electron chi connectivity index (χ0n) is 8.65. The second-order valence-electron chi connectivity index (χ2n) is 3.78. The molecule has 14 heavy (non-hydrogen) atoms. The molecule has 2 heteroatoms. The van der Waals surface area contributed by atoms with E-state index in [4.69, 9.17) is 5.11 Å². The molecule has 0 saturated heterocycles. The van der Waals surface area contributed by atoms with Crippen molar-refractivity contribution in [3.8, 4) is 0 Å². The largest absolute Gasteiger partial charge is 1.47 e. The van der Waals surface area contributed by atoms with Gasteiger partial charge in [-0.25, -0.2) is 0 Å². The van der Waals surface area contributed by atoms with Gasteiger partial charge in [-0.2, -0.15) is 0 Å². The lowest BCUT2D eigenvalue weighted by molar-refractivity contribution is 0.130. The standard InChI is InChI=1S/C6H12O.C6H5.Mg/c7-6-4-2-1-3-5-6;1-2-4-6-5-3-1;/h6-7H,1-5H2;1-5H;/q;;+2. The minimum atomic E-state index is 0.0359. The summed E-state index contributed by atoms with van der Waals surface area (Å²) in [5, 5.41) is 8.91. The molecule has 0 amide bonds. The molecule has 1 nitrogen and oxygen atoms in total. The van der Waals surface area contributed by atoms with Gasteiger partial charge in [-0.1, -0.05) is 37.5 Å². The molecule has 1 aromatic carbocycles. The third kappa shape index (κ3) is 5.63. The Morgan fingerprint density at radius 3 is 1.86 bits per heavy atom. The number of aliphatic hydroxyl groups is 1. The highest BCUT2D eigenvalue weighted by molar-refractivity contribution is 6.32. The second kappa shape index (κ2) is 7.27. The van der Waals surface area contributed by atoms with Gasteiger partial charge in [0.1, 0.15) is 0 Å².